The predicted molar refractivity (Wildman–Crippen MR) is 84.0 cm³/mol. The van der Waals surface area contributed by atoms with Crippen molar-refractivity contribution in [3.05, 3.63) is 57.6 Å². The lowest BCUT2D eigenvalue weighted by Crippen LogP contribution is -2.20. The molecule has 0 saturated heterocycles. The first kappa shape index (κ1) is 12.9. The summed E-state index contributed by atoms with van der Waals surface area (Å²) in [5.74, 6) is 0. The smallest absolute Gasteiger partial charge is 0.0963 e. The topological polar surface area (TPSA) is 20.2 Å². The van der Waals surface area contributed by atoms with Gasteiger partial charge in [0.25, 0.3) is 0 Å². The SMILES string of the molecule is CC(O)(CCc1cccs1)c1cc2ccccc2s1. The van der Waals surface area contributed by atoms with E-state index in [0.29, 0.717) is 0 Å². The zero-order chi connectivity index (χ0) is 13.3. The van der Waals surface area contributed by atoms with Crippen molar-refractivity contribution >= 4 is 32.8 Å². The number of aryl methyl sites for hydroxylation is 1. The average molecular weight is 288 g/mol. The maximum absolute atomic E-state index is 10.7. The van der Waals surface area contributed by atoms with Crippen LogP contribution in [0.3, 0.4) is 0 Å². The van der Waals surface area contributed by atoms with Crippen LogP contribution < -0.4 is 0 Å². The fraction of sp³-hybridized carbons (Fsp3) is 0.250. The second-order valence-electron chi connectivity index (χ2n) is 5.00. The lowest BCUT2D eigenvalue weighted by molar-refractivity contribution is 0.0521. The highest BCUT2D eigenvalue weighted by molar-refractivity contribution is 7.19. The van der Waals surface area contributed by atoms with Gasteiger partial charge in [0.1, 0.15) is 0 Å². The minimum absolute atomic E-state index is 0.742. The molecule has 0 aliphatic carbocycles. The molecule has 1 nitrogen and oxygen atoms in total. The van der Waals surface area contributed by atoms with E-state index in [-0.39, 0.29) is 0 Å². The number of hydrogen-bond acceptors (Lipinski definition) is 3. The van der Waals surface area contributed by atoms with Crippen molar-refractivity contribution in [1.82, 2.24) is 0 Å². The van der Waals surface area contributed by atoms with Crippen LogP contribution in [0.1, 0.15) is 23.1 Å². The number of aliphatic hydroxyl groups is 1. The van der Waals surface area contributed by atoms with Gasteiger partial charge in [0.15, 0.2) is 0 Å². The Morgan fingerprint density at radius 1 is 1.16 bits per heavy atom. The van der Waals surface area contributed by atoms with Crippen LogP contribution in [0.5, 0.6) is 0 Å². The molecule has 98 valence electrons. The highest BCUT2D eigenvalue weighted by atomic mass is 32.1. The summed E-state index contributed by atoms with van der Waals surface area (Å²) >= 11 is 3.45. The first-order valence-corrected chi connectivity index (χ1v) is 8.08. The predicted octanol–water partition coefficient (Wildman–Crippen LogP) is 4.80. The second-order valence-corrected chi connectivity index (χ2v) is 7.12. The molecule has 2 aromatic heterocycles. The molecule has 0 aliphatic heterocycles. The molecule has 0 saturated carbocycles. The molecule has 3 aromatic rings. The van der Waals surface area contributed by atoms with Gasteiger partial charge in [-0.1, -0.05) is 24.3 Å². The van der Waals surface area contributed by atoms with Crippen LogP contribution in [-0.4, -0.2) is 5.11 Å². The highest BCUT2D eigenvalue weighted by Crippen LogP contribution is 2.35. The molecule has 1 aromatic carbocycles. The summed E-state index contributed by atoms with van der Waals surface area (Å²) in [4.78, 5) is 2.40. The van der Waals surface area contributed by atoms with E-state index in [0.717, 1.165) is 17.7 Å². The normalized spacial score (nSPS) is 14.6. The third-order valence-corrected chi connectivity index (χ3v) is 5.70. The summed E-state index contributed by atoms with van der Waals surface area (Å²) in [6, 6.07) is 14.6. The summed E-state index contributed by atoms with van der Waals surface area (Å²) in [5.41, 5.74) is -0.742. The first-order valence-electron chi connectivity index (χ1n) is 6.39. The van der Waals surface area contributed by atoms with E-state index in [1.165, 1.54) is 15.0 Å². The van der Waals surface area contributed by atoms with Crippen LogP contribution in [0.25, 0.3) is 10.1 Å². The Balaban J connectivity index is 1.82. The van der Waals surface area contributed by atoms with Gasteiger partial charge in [0.05, 0.1) is 5.60 Å². The standard InChI is InChI=1S/C16H16OS2/c1-16(17,9-8-13-6-4-10-18-13)15-11-12-5-2-3-7-14(12)19-15/h2-7,10-11,17H,8-9H2,1H3. The summed E-state index contributed by atoms with van der Waals surface area (Å²) in [6.07, 6.45) is 1.69. The van der Waals surface area contributed by atoms with E-state index in [4.69, 9.17) is 0 Å². The molecule has 1 unspecified atom stereocenters. The molecule has 1 atom stereocenters. The Kier molecular flexibility index (Phi) is 3.44. The van der Waals surface area contributed by atoms with Crippen LogP contribution in [0.2, 0.25) is 0 Å². The van der Waals surface area contributed by atoms with Crippen LogP contribution in [0, 0.1) is 0 Å². The van der Waals surface area contributed by atoms with E-state index >= 15 is 0 Å². The summed E-state index contributed by atoms with van der Waals surface area (Å²) in [5, 5.41) is 14.0. The Bertz CT molecular complexity index is 632. The maximum atomic E-state index is 10.7. The lowest BCUT2D eigenvalue weighted by atomic mass is 9.97. The minimum atomic E-state index is -0.742. The van der Waals surface area contributed by atoms with Gasteiger partial charge in [-0.2, -0.15) is 0 Å². The van der Waals surface area contributed by atoms with Gasteiger partial charge in [-0.15, -0.1) is 22.7 Å². The maximum Gasteiger partial charge on any atom is 0.0963 e. The third-order valence-electron chi connectivity index (χ3n) is 3.39. The molecule has 0 amide bonds. The molecular weight excluding hydrogens is 272 g/mol. The number of fused-ring (bicyclic) bond motifs is 1. The first-order chi connectivity index (χ1) is 9.15. The summed E-state index contributed by atoms with van der Waals surface area (Å²) < 4.78 is 1.24. The lowest BCUT2D eigenvalue weighted by Gasteiger charge is -2.21. The Hall–Kier alpha value is -1.16. The van der Waals surface area contributed by atoms with E-state index in [9.17, 15) is 5.11 Å². The van der Waals surface area contributed by atoms with E-state index in [1.807, 2.05) is 19.1 Å². The molecular formula is C16H16OS2. The van der Waals surface area contributed by atoms with Gasteiger partial charge in [0, 0.05) is 14.5 Å². The van der Waals surface area contributed by atoms with Crippen molar-refractivity contribution in [2.45, 2.75) is 25.4 Å². The molecule has 2 heterocycles. The quantitative estimate of drug-likeness (QED) is 0.731. The number of hydrogen-bond donors (Lipinski definition) is 1. The molecule has 1 N–H and O–H groups in total. The summed E-state index contributed by atoms with van der Waals surface area (Å²) in [7, 11) is 0. The molecule has 0 radical (unpaired) electrons. The Morgan fingerprint density at radius 3 is 2.74 bits per heavy atom. The highest BCUT2D eigenvalue weighted by Gasteiger charge is 2.25. The monoisotopic (exact) mass is 288 g/mol. The number of benzene rings is 1. The van der Waals surface area contributed by atoms with E-state index in [2.05, 4.69) is 35.7 Å². The van der Waals surface area contributed by atoms with Crippen molar-refractivity contribution in [2.24, 2.45) is 0 Å². The number of thiophene rings is 2. The van der Waals surface area contributed by atoms with Crippen molar-refractivity contribution < 1.29 is 5.11 Å². The van der Waals surface area contributed by atoms with Gasteiger partial charge in [0.2, 0.25) is 0 Å². The third kappa shape index (κ3) is 2.73. The largest absolute Gasteiger partial charge is 0.385 e. The van der Waals surface area contributed by atoms with Crippen LogP contribution >= 0.6 is 22.7 Å². The number of rotatable bonds is 4. The molecule has 19 heavy (non-hydrogen) atoms. The van der Waals surface area contributed by atoms with Gasteiger partial charge in [-0.05, 0) is 48.7 Å². The Morgan fingerprint density at radius 2 is 2.00 bits per heavy atom. The summed E-state index contributed by atoms with van der Waals surface area (Å²) in [6.45, 7) is 1.92. The van der Waals surface area contributed by atoms with Crippen molar-refractivity contribution in [3.8, 4) is 0 Å². The fourth-order valence-corrected chi connectivity index (χ4v) is 4.04. The van der Waals surface area contributed by atoms with E-state index < -0.39 is 5.60 Å². The van der Waals surface area contributed by atoms with Gasteiger partial charge in [-0.3, -0.25) is 0 Å². The molecule has 0 aliphatic rings. The van der Waals surface area contributed by atoms with Crippen LogP contribution in [0.4, 0.5) is 0 Å². The molecule has 0 bridgehead atoms. The molecule has 3 rings (SSSR count). The molecule has 0 spiro atoms. The zero-order valence-corrected chi connectivity index (χ0v) is 12.4. The fourth-order valence-electron chi connectivity index (χ4n) is 2.19. The van der Waals surface area contributed by atoms with Gasteiger partial charge >= 0.3 is 0 Å². The van der Waals surface area contributed by atoms with Crippen LogP contribution in [0.15, 0.2) is 47.8 Å². The second kappa shape index (κ2) is 5.08. The van der Waals surface area contributed by atoms with E-state index in [1.54, 1.807) is 22.7 Å². The molecule has 3 heteroatoms. The van der Waals surface area contributed by atoms with Crippen molar-refractivity contribution in [1.29, 1.82) is 0 Å². The zero-order valence-electron chi connectivity index (χ0n) is 10.8. The molecule has 0 fully saturated rings. The van der Waals surface area contributed by atoms with Crippen LogP contribution in [-0.2, 0) is 12.0 Å². The van der Waals surface area contributed by atoms with Crippen molar-refractivity contribution in [2.75, 3.05) is 0 Å². The minimum Gasteiger partial charge on any atom is -0.385 e. The van der Waals surface area contributed by atoms with Gasteiger partial charge < -0.3 is 5.11 Å². The van der Waals surface area contributed by atoms with Crippen molar-refractivity contribution in [3.63, 3.8) is 0 Å². The average Bonchev–Trinajstić information content (AvgIpc) is 3.05. The Labute approximate surface area is 121 Å². The van der Waals surface area contributed by atoms with Gasteiger partial charge in [-0.25, -0.2) is 0 Å².